The number of fused-ring (bicyclic) bond motifs is 1. The number of rotatable bonds is 3. The van der Waals surface area contributed by atoms with Crippen molar-refractivity contribution in [1.82, 2.24) is 14.9 Å². The van der Waals surface area contributed by atoms with Crippen molar-refractivity contribution in [2.75, 3.05) is 19.0 Å². The Kier molecular flexibility index (Phi) is 5.84. The molecule has 0 radical (unpaired) electrons. The van der Waals surface area contributed by atoms with Gasteiger partial charge in [-0.3, -0.25) is 14.2 Å². The fourth-order valence-electron chi connectivity index (χ4n) is 3.26. The molecule has 126 valence electrons. The first-order valence-corrected chi connectivity index (χ1v) is 7.48. The zero-order chi connectivity index (χ0) is 16.8. The molecule has 7 heteroatoms. The summed E-state index contributed by atoms with van der Waals surface area (Å²) in [4.78, 5) is 31.5. The Balaban J connectivity index is 0.00000264. The molecule has 1 unspecified atom stereocenters. The molecular weight excluding hydrogens is 464 g/mol. The average Bonchev–Trinajstić information content (AvgIpc) is 2.65. The van der Waals surface area contributed by atoms with Crippen LogP contribution in [-0.4, -0.2) is 29.6 Å². The molecule has 1 aromatic heterocycles. The van der Waals surface area contributed by atoms with Gasteiger partial charge in [-0.15, -0.1) is 0 Å². The summed E-state index contributed by atoms with van der Waals surface area (Å²) in [5, 5.41) is 2.84. The van der Waals surface area contributed by atoms with E-state index in [0.717, 1.165) is 17.4 Å². The first-order valence-electron chi connectivity index (χ1n) is 7.48. The molecule has 0 saturated carbocycles. The third-order valence-electron chi connectivity index (χ3n) is 4.02. The van der Waals surface area contributed by atoms with Gasteiger partial charge < -0.3 is 10.2 Å². The predicted octanol–water partition coefficient (Wildman–Crippen LogP) is 1.53. The maximum Gasteiger partial charge on any atom is 2.00 e. The molecule has 0 aromatic carbocycles. The van der Waals surface area contributed by atoms with Crippen LogP contribution in [0.3, 0.4) is 0 Å². The van der Waals surface area contributed by atoms with Gasteiger partial charge in [0.1, 0.15) is 6.04 Å². The quantitative estimate of drug-likeness (QED) is 0.655. The van der Waals surface area contributed by atoms with Crippen molar-refractivity contribution in [2.24, 2.45) is 0 Å². The second-order valence-corrected chi connectivity index (χ2v) is 7.03. The summed E-state index contributed by atoms with van der Waals surface area (Å²) in [6, 6.07) is 0.329. The maximum atomic E-state index is 12.8. The summed E-state index contributed by atoms with van der Waals surface area (Å²) >= 11 is 0. The number of nitrogens with zero attached hydrogens (tertiary/aromatic N) is 3. The Morgan fingerprint density at radius 2 is 1.96 bits per heavy atom. The van der Waals surface area contributed by atoms with E-state index in [0.29, 0.717) is 12.2 Å². The summed E-state index contributed by atoms with van der Waals surface area (Å²) in [6.45, 7) is 9.68. The number of hydrogen-bond donors (Lipinski definition) is 1. The molecule has 2 rings (SSSR count). The monoisotopic (exact) mass is 489 g/mol. The van der Waals surface area contributed by atoms with E-state index in [4.69, 9.17) is 0 Å². The van der Waals surface area contributed by atoms with Gasteiger partial charge in [0.05, 0.1) is 5.69 Å². The van der Waals surface area contributed by atoms with Gasteiger partial charge in [0.2, 0.25) is 5.91 Å². The predicted molar refractivity (Wildman–Crippen MR) is 87.0 cm³/mol. The van der Waals surface area contributed by atoms with Crippen LogP contribution in [0.15, 0.2) is 4.79 Å². The van der Waals surface area contributed by atoms with Crippen molar-refractivity contribution in [3.05, 3.63) is 27.8 Å². The molecule has 23 heavy (non-hydrogen) atoms. The molecule has 1 aromatic rings. The molecule has 1 aliphatic heterocycles. The van der Waals surface area contributed by atoms with Crippen molar-refractivity contribution in [2.45, 2.75) is 52.5 Å². The first kappa shape index (κ1) is 19.9. The number of nitrogens with one attached hydrogen (secondary N) is 1. The third-order valence-corrected chi connectivity index (χ3v) is 4.02. The second-order valence-electron chi connectivity index (χ2n) is 7.03. The summed E-state index contributed by atoms with van der Waals surface area (Å²) in [7, 11) is 3.57. The molecule has 1 N–H and O–H groups in total. The van der Waals surface area contributed by atoms with Crippen LogP contribution in [0.1, 0.15) is 51.5 Å². The second kappa shape index (κ2) is 6.76. The average molecular weight is 489 g/mol. The molecule has 0 aliphatic carbocycles. The largest absolute Gasteiger partial charge is 2.00 e. The minimum absolute atomic E-state index is 0. The maximum absolute atomic E-state index is 12.8. The van der Waals surface area contributed by atoms with E-state index < -0.39 is 6.04 Å². The van der Waals surface area contributed by atoms with Crippen LogP contribution in [0.25, 0.3) is 0 Å². The van der Waals surface area contributed by atoms with Crippen LogP contribution in [0.4, 0.5) is 5.82 Å². The van der Waals surface area contributed by atoms with E-state index in [1.165, 1.54) is 0 Å². The minimum atomic E-state index is -0.493. The molecule has 1 amide bonds. The van der Waals surface area contributed by atoms with E-state index in [2.05, 4.69) is 24.1 Å². The van der Waals surface area contributed by atoms with Crippen molar-refractivity contribution < 1.29 is 25.9 Å². The number of amides is 1. The topological polar surface area (TPSA) is 67.2 Å². The summed E-state index contributed by atoms with van der Waals surface area (Å²) in [6.07, 6.45) is 0.598. The Bertz CT molecular complexity index is 665. The smallest absolute Gasteiger partial charge is 0.501 e. The van der Waals surface area contributed by atoms with Crippen LogP contribution < -0.4 is 15.8 Å². The molecule has 0 spiro atoms. The number of aryl methyl sites for hydroxylation is 1. The molecule has 2 heterocycles. The zero-order valence-corrected chi connectivity index (χ0v) is 17.8. The number of aromatic nitrogens is 2. The van der Waals surface area contributed by atoms with Gasteiger partial charge in [-0.05, 0) is 13.3 Å². The Labute approximate surface area is 151 Å². The number of hydrogen-bond acceptors (Lipinski definition) is 4. The fourth-order valence-corrected chi connectivity index (χ4v) is 3.26. The molecule has 1 atom stereocenters. The number of anilines is 1. The normalized spacial score (nSPS) is 18.3. The standard InChI is InChI=1S/C16H25N4O2.W/c1-9(2)17-14(21)11-8-16(4,5)12-10(3)18-13(19(6)7)15(22)20(11)12;/h11H,8H2,1-7H3,(H,17,21);/q-1;+2. The van der Waals surface area contributed by atoms with Crippen molar-refractivity contribution in [1.29, 1.82) is 0 Å². The van der Waals surface area contributed by atoms with E-state index in [1.54, 1.807) is 23.6 Å². The van der Waals surface area contributed by atoms with Crippen molar-refractivity contribution in [3.63, 3.8) is 0 Å². The van der Waals surface area contributed by atoms with Gasteiger partial charge in [-0.2, -0.15) is 13.8 Å². The SMILES string of the molecule is Cc1nc(N(C)C)c(=O)n2c1C(C)(C)CC2C(=O)N[C-](C)C.[W+2]. The van der Waals surface area contributed by atoms with Crippen LogP contribution in [-0.2, 0) is 31.3 Å². The summed E-state index contributed by atoms with van der Waals surface area (Å²) in [5.41, 5.74) is 1.20. The van der Waals surface area contributed by atoms with Crippen LogP contribution >= 0.6 is 0 Å². The molecule has 0 saturated heterocycles. The third kappa shape index (κ3) is 3.52. The van der Waals surface area contributed by atoms with Crippen LogP contribution in [0, 0.1) is 13.0 Å². The fraction of sp³-hybridized carbons (Fsp3) is 0.625. The van der Waals surface area contributed by atoms with Crippen molar-refractivity contribution in [3.8, 4) is 0 Å². The molecule has 0 fully saturated rings. The Morgan fingerprint density at radius 1 is 1.39 bits per heavy atom. The summed E-state index contributed by atoms with van der Waals surface area (Å²) < 4.78 is 1.63. The van der Waals surface area contributed by atoms with Crippen LogP contribution in [0.2, 0.25) is 0 Å². The Morgan fingerprint density at radius 3 is 2.43 bits per heavy atom. The minimum Gasteiger partial charge on any atom is -0.501 e. The van der Waals surface area contributed by atoms with E-state index in [9.17, 15) is 9.59 Å². The van der Waals surface area contributed by atoms with Gasteiger partial charge in [0.25, 0.3) is 5.56 Å². The van der Waals surface area contributed by atoms with Gasteiger partial charge >= 0.3 is 21.1 Å². The van der Waals surface area contributed by atoms with E-state index in [-0.39, 0.29) is 37.9 Å². The van der Waals surface area contributed by atoms with Crippen molar-refractivity contribution >= 4 is 11.7 Å². The number of carbonyl (C=O) groups excluding carboxylic acids is 1. The van der Waals surface area contributed by atoms with E-state index in [1.807, 2.05) is 20.8 Å². The molecule has 0 bridgehead atoms. The summed E-state index contributed by atoms with van der Waals surface area (Å²) in [5.74, 6) is 0.234. The number of carbonyl (C=O) groups is 1. The first-order chi connectivity index (χ1) is 10.1. The zero-order valence-electron chi connectivity index (χ0n) is 14.9. The molecule has 1 aliphatic rings. The van der Waals surface area contributed by atoms with Gasteiger partial charge in [0, 0.05) is 25.2 Å². The molecular formula is C16H25N4O2W+. The molecule has 6 nitrogen and oxygen atoms in total. The Hall–Kier alpha value is -1.16. The van der Waals surface area contributed by atoms with E-state index >= 15 is 0 Å². The van der Waals surface area contributed by atoms with Crippen LogP contribution in [0.5, 0.6) is 0 Å². The van der Waals surface area contributed by atoms with Gasteiger partial charge in [0.15, 0.2) is 5.82 Å². The van der Waals surface area contributed by atoms with Gasteiger partial charge in [-0.1, -0.05) is 13.8 Å². The van der Waals surface area contributed by atoms with Gasteiger partial charge in [-0.25, -0.2) is 11.0 Å².